The fraction of sp³-hybridized carbons (Fsp3) is 0.417. The number of para-hydroxylation sites is 1. The van der Waals surface area contributed by atoms with Gasteiger partial charge in [-0.25, -0.2) is 0 Å². The van der Waals surface area contributed by atoms with Crippen LogP contribution in [-0.4, -0.2) is 30.3 Å². The third-order valence-electron chi connectivity index (χ3n) is 3.27. The van der Waals surface area contributed by atoms with Crippen molar-refractivity contribution >= 4 is 27.5 Å². The van der Waals surface area contributed by atoms with Crippen molar-refractivity contribution in [2.45, 2.75) is 13.0 Å². The summed E-state index contributed by atoms with van der Waals surface area (Å²) in [6.45, 7) is 2.41. The number of benzene rings is 1. The van der Waals surface area contributed by atoms with Crippen molar-refractivity contribution in [3.05, 3.63) is 22.7 Å². The van der Waals surface area contributed by atoms with Gasteiger partial charge in [-0.15, -0.1) is 0 Å². The summed E-state index contributed by atoms with van der Waals surface area (Å²) in [4.78, 5) is 12.2. The minimum atomic E-state index is -0.769. The van der Waals surface area contributed by atoms with E-state index in [1.54, 1.807) is 25.1 Å². The maximum absolute atomic E-state index is 12.2. The lowest BCUT2D eigenvalue weighted by Crippen LogP contribution is -2.47. The minimum Gasteiger partial charge on any atom is -0.505 e. The summed E-state index contributed by atoms with van der Waals surface area (Å²) in [5, 5.41) is 12.5. The van der Waals surface area contributed by atoms with Gasteiger partial charge in [-0.2, -0.15) is 0 Å². The average Bonchev–Trinajstić information content (AvgIpc) is 2.67. The first-order valence-electron chi connectivity index (χ1n) is 5.57. The van der Waals surface area contributed by atoms with Gasteiger partial charge in [-0.3, -0.25) is 4.79 Å². The Bertz CT molecular complexity index is 480. The highest BCUT2D eigenvalue weighted by atomic mass is 79.9. The largest absolute Gasteiger partial charge is 0.505 e. The molecule has 2 unspecified atom stereocenters. The Hall–Kier alpha value is -1.11. The molecule has 18 heavy (non-hydrogen) atoms. The summed E-state index contributed by atoms with van der Waals surface area (Å²) in [5.74, 6) is -0.247. The van der Waals surface area contributed by atoms with Gasteiger partial charge in [0.15, 0.2) is 5.75 Å². The molecule has 1 aliphatic heterocycles. The molecule has 0 spiro atoms. The molecule has 1 aromatic rings. The number of phenolic OH excluding ortho intramolecular Hbond substituents is 1. The molecule has 0 saturated carbocycles. The molecule has 1 amide bonds. The first kappa shape index (κ1) is 13.3. The van der Waals surface area contributed by atoms with Crippen molar-refractivity contribution in [1.82, 2.24) is 0 Å². The third kappa shape index (κ3) is 2.23. The van der Waals surface area contributed by atoms with Gasteiger partial charge in [0.1, 0.15) is 0 Å². The van der Waals surface area contributed by atoms with Gasteiger partial charge in [0.05, 0.1) is 28.8 Å². The van der Waals surface area contributed by atoms with Gasteiger partial charge >= 0.3 is 0 Å². The second-order valence-electron chi connectivity index (χ2n) is 4.63. The predicted octanol–water partition coefficient (Wildman–Crippen LogP) is 1.46. The van der Waals surface area contributed by atoms with Crippen molar-refractivity contribution in [3.63, 3.8) is 0 Å². The molecule has 5 nitrogen and oxygen atoms in total. The highest BCUT2D eigenvalue weighted by Crippen LogP contribution is 2.34. The van der Waals surface area contributed by atoms with Crippen LogP contribution in [-0.2, 0) is 9.53 Å². The van der Waals surface area contributed by atoms with Gasteiger partial charge < -0.3 is 20.9 Å². The van der Waals surface area contributed by atoms with Crippen LogP contribution in [0.1, 0.15) is 6.92 Å². The first-order chi connectivity index (χ1) is 8.45. The van der Waals surface area contributed by atoms with Crippen LogP contribution in [0.15, 0.2) is 22.7 Å². The molecular weight excluding hydrogens is 300 g/mol. The number of hydrogen-bond acceptors (Lipinski definition) is 4. The molecular formula is C12H15BrN2O3. The quantitative estimate of drug-likeness (QED) is 0.721. The number of rotatable bonds is 2. The summed E-state index contributed by atoms with van der Waals surface area (Å²) in [5.41, 5.74) is 5.47. The van der Waals surface area contributed by atoms with Gasteiger partial charge in [0.25, 0.3) is 0 Å². The van der Waals surface area contributed by atoms with Crippen LogP contribution in [0.25, 0.3) is 0 Å². The number of carbonyl (C=O) groups excluding carboxylic acids is 1. The van der Waals surface area contributed by atoms with Crippen molar-refractivity contribution in [2.24, 2.45) is 11.1 Å². The molecule has 0 aromatic heterocycles. The maximum Gasteiger partial charge on any atom is 0.234 e. The lowest BCUT2D eigenvalue weighted by molar-refractivity contribution is -0.125. The third-order valence-corrected chi connectivity index (χ3v) is 3.91. The Balaban J connectivity index is 2.19. The average molecular weight is 315 g/mol. The molecule has 1 fully saturated rings. The zero-order chi connectivity index (χ0) is 13.3. The summed E-state index contributed by atoms with van der Waals surface area (Å²) >= 11 is 3.19. The second-order valence-corrected chi connectivity index (χ2v) is 5.48. The lowest BCUT2D eigenvalue weighted by atomic mass is 9.85. The number of hydrogen-bond donors (Lipinski definition) is 3. The van der Waals surface area contributed by atoms with E-state index >= 15 is 0 Å². The highest BCUT2D eigenvalue weighted by Gasteiger charge is 2.44. The molecule has 6 heteroatoms. The molecule has 0 bridgehead atoms. The van der Waals surface area contributed by atoms with E-state index in [1.165, 1.54) is 0 Å². The topological polar surface area (TPSA) is 84.6 Å². The number of phenols is 1. The van der Waals surface area contributed by atoms with E-state index in [2.05, 4.69) is 21.2 Å². The predicted molar refractivity (Wildman–Crippen MR) is 71.3 cm³/mol. The monoisotopic (exact) mass is 314 g/mol. The Labute approximate surface area is 113 Å². The molecule has 1 aromatic carbocycles. The minimum absolute atomic E-state index is 0.00179. The van der Waals surface area contributed by atoms with Crippen LogP contribution < -0.4 is 11.1 Å². The molecule has 0 aliphatic carbocycles. The molecule has 1 heterocycles. The van der Waals surface area contributed by atoms with Crippen molar-refractivity contribution < 1.29 is 14.6 Å². The second kappa shape index (κ2) is 4.87. The van der Waals surface area contributed by atoms with Crippen LogP contribution >= 0.6 is 15.9 Å². The number of halogens is 1. The van der Waals surface area contributed by atoms with Crippen molar-refractivity contribution in [1.29, 1.82) is 0 Å². The van der Waals surface area contributed by atoms with Crippen molar-refractivity contribution in [3.8, 4) is 5.75 Å². The highest BCUT2D eigenvalue weighted by molar-refractivity contribution is 9.10. The van der Waals surface area contributed by atoms with E-state index in [0.717, 1.165) is 0 Å². The van der Waals surface area contributed by atoms with Crippen LogP contribution in [0.3, 0.4) is 0 Å². The number of carbonyl (C=O) groups is 1. The van der Waals surface area contributed by atoms with E-state index in [9.17, 15) is 9.90 Å². The maximum atomic E-state index is 12.2. The summed E-state index contributed by atoms with van der Waals surface area (Å²) in [7, 11) is 0. The van der Waals surface area contributed by atoms with Gasteiger partial charge in [0, 0.05) is 6.04 Å². The number of nitrogens with two attached hydrogens (primary N) is 1. The fourth-order valence-corrected chi connectivity index (χ4v) is 2.17. The lowest BCUT2D eigenvalue weighted by Gasteiger charge is -2.25. The van der Waals surface area contributed by atoms with Crippen LogP contribution in [0.4, 0.5) is 5.69 Å². The van der Waals surface area contributed by atoms with Crippen LogP contribution in [0.2, 0.25) is 0 Å². The summed E-state index contributed by atoms with van der Waals surface area (Å²) < 4.78 is 5.75. The van der Waals surface area contributed by atoms with E-state index < -0.39 is 5.41 Å². The van der Waals surface area contributed by atoms with Gasteiger partial charge in [-0.1, -0.05) is 6.07 Å². The first-order valence-corrected chi connectivity index (χ1v) is 6.36. The van der Waals surface area contributed by atoms with Gasteiger partial charge in [-0.05, 0) is 35.0 Å². The number of anilines is 1. The molecule has 1 saturated heterocycles. The zero-order valence-corrected chi connectivity index (χ0v) is 11.5. The van der Waals surface area contributed by atoms with Crippen LogP contribution in [0, 0.1) is 5.41 Å². The standard InChI is InChI=1S/C12H15BrN2O3/c1-12(6-18-5-9(12)14)11(17)15-8-4-2-3-7(13)10(8)16/h2-4,9,16H,5-6,14H2,1H3,(H,15,17). The number of aromatic hydroxyl groups is 1. The smallest absolute Gasteiger partial charge is 0.234 e. The zero-order valence-electron chi connectivity index (χ0n) is 9.94. The Morgan fingerprint density at radius 1 is 1.67 bits per heavy atom. The van der Waals surface area contributed by atoms with Crippen molar-refractivity contribution in [2.75, 3.05) is 18.5 Å². The molecule has 4 N–H and O–H groups in total. The molecule has 2 rings (SSSR count). The number of nitrogens with one attached hydrogen (secondary N) is 1. The molecule has 1 aliphatic rings. The van der Waals surface area contributed by atoms with Gasteiger partial charge in [0.2, 0.25) is 5.91 Å². The Morgan fingerprint density at radius 3 is 3.00 bits per heavy atom. The van der Waals surface area contributed by atoms with E-state index in [-0.39, 0.29) is 24.3 Å². The van der Waals surface area contributed by atoms with Crippen LogP contribution in [0.5, 0.6) is 5.75 Å². The van der Waals surface area contributed by atoms with E-state index in [0.29, 0.717) is 16.8 Å². The molecule has 0 radical (unpaired) electrons. The SMILES string of the molecule is CC1(C(=O)Nc2cccc(Br)c2O)COCC1N. The number of ether oxygens (including phenoxy) is 1. The molecule has 2 atom stereocenters. The fourth-order valence-electron chi connectivity index (χ4n) is 1.80. The summed E-state index contributed by atoms with van der Waals surface area (Å²) in [6, 6.07) is 4.71. The summed E-state index contributed by atoms with van der Waals surface area (Å²) in [6.07, 6.45) is 0. The normalized spacial score (nSPS) is 27.2. The Kier molecular flexibility index (Phi) is 3.61. The Morgan fingerprint density at radius 2 is 2.39 bits per heavy atom. The number of amides is 1. The van der Waals surface area contributed by atoms with E-state index in [1.807, 2.05) is 0 Å². The van der Waals surface area contributed by atoms with E-state index in [4.69, 9.17) is 10.5 Å². The molecule has 98 valence electrons.